The van der Waals surface area contributed by atoms with Crippen LogP contribution in [0.2, 0.25) is 0 Å². The van der Waals surface area contributed by atoms with Crippen molar-refractivity contribution < 1.29 is 18.8 Å². The molecular weight excluding hydrogens is 428 g/mol. The van der Waals surface area contributed by atoms with Crippen LogP contribution in [0.25, 0.3) is 0 Å². The van der Waals surface area contributed by atoms with Gasteiger partial charge in [0.15, 0.2) is 11.6 Å². The molecule has 0 atom stereocenters. The van der Waals surface area contributed by atoms with Crippen LogP contribution in [0.15, 0.2) is 47.1 Å². The molecule has 0 saturated heterocycles. The van der Waals surface area contributed by atoms with E-state index in [4.69, 9.17) is 0 Å². The summed E-state index contributed by atoms with van der Waals surface area (Å²) in [4.78, 5) is 17.8. The third-order valence-electron chi connectivity index (χ3n) is 3.35. The molecule has 0 aliphatic heterocycles. The summed E-state index contributed by atoms with van der Waals surface area (Å²) in [6.45, 7) is 0. The number of nitro benzene ring substituents is 1. The van der Waals surface area contributed by atoms with E-state index in [0.717, 1.165) is 18.3 Å². The van der Waals surface area contributed by atoms with Crippen molar-refractivity contribution in [3.63, 3.8) is 0 Å². The van der Waals surface area contributed by atoms with Crippen LogP contribution in [0, 0.1) is 21.7 Å². The van der Waals surface area contributed by atoms with Gasteiger partial charge in [0.2, 0.25) is 11.8 Å². The number of nitrogens with one attached hydrogen (secondary N) is 2. The molecule has 0 saturated carbocycles. The fourth-order valence-electron chi connectivity index (χ4n) is 2.11. The van der Waals surface area contributed by atoms with E-state index in [0.29, 0.717) is 4.47 Å². The summed E-state index contributed by atoms with van der Waals surface area (Å²) in [5.74, 6) is -2.04. The number of aromatic nitrogens is 2. The molecule has 1 heterocycles. The number of hydrogen-bond donors (Lipinski definition) is 3. The molecular formula is C16H10BrF2N5O3. The number of aromatic hydroxyl groups is 1. The van der Waals surface area contributed by atoms with Gasteiger partial charge in [-0.15, -0.1) is 0 Å². The van der Waals surface area contributed by atoms with E-state index in [1.165, 1.54) is 18.2 Å². The topological polar surface area (TPSA) is 113 Å². The summed E-state index contributed by atoms with van der Waals surface area (Å²) in [6.07, 6.45) is 1.06. The van der Waals surface area contributed by atoms with Crippen LogP contribution in [-0.2, 0) is 0 Å². The van der Waals surface area contributed by atoms with E-state index in [-0.39, 0.29) is 28.9 Å². The Morgan fingerprint density at radius 1 is 1.11 bits per heavy atom. The first-order chi connectivity index (χ1) is 12.8. The lowest BCUT2D eigenvalue weighted by Crippen LogP contribution is -2.02. The molecule has 0 amide bonds. The number of benzene rings is 2. The average Bonchev–Trinajstić information content (AvgIpc) is 2.61. The SMILES string of the molecule is O=[N+]([O-])c1cc(Nc2ncc(O)c(Nc3ccc(Br)cc3F)n2)ccc1F. The second kappa shape index (κ2) is 7.50. The van der Waals surface area contributed by atoms with Gasteiger partial charge in [-0.05, 0) is 30.3 Å². The minimum Gasteiger partial charge on any atom is -0.503 e. The summed E-state index contributed by atoms with van der Waals surface area (Å²) >= 11 is 3.14. The first kappa shape index (κ1) is 18.5. The van der Waals surface area contributed by atoms with Gasteiger partial charge in [-0.2, -0.15) is 9.37 Å². The predicted octanol–water partition coefficient (Wildman–Crippen LogP) is 4.62. The van der Waals surface area contributed by atoms with Crippen molar-refractivity contribution in [3.8, 4) is 5.75 Å². The zero-order valence-electron chi connectivity index (χ0n) is 13.3. The van der Waals surface area contributed by atoms with Gasteiger partial charge in [0.1, 0.15) is 5.82 Å². The second-order valence-corrected chi connectivity index (χ2v) is 6.14. The van der Waals surface area contributed by atoms with Gasteiger partial charge in [-0.3, -0.25) is 10.1 Å². The molecule has 8 nitrogen and oxygen atoms in total. The number of halogens is 3. The highest BCUT2D eigenvalue weighted by molar-refractivity contribution is 9.10. The average molecular weight is 438 g/mol. The summed E-state index contributed by atoms with van der Waals surface area (Å²) < 4.78 is 27.9. The maximum Gasteiger partial charge on any atom is 0.306 e. The first-order valence-corrected chi connectivity index (χ1v) is 8.12. The maximum atomic E-state index is 13.9. The van der Waals surface area contributed by atoms with Gasteiger partial charge in [-0.1, -0.05) is 15.9 Å². The number of nitro groups is 1. The third-order valence-corrected chi connectivity index (χ3v) is 3.85. The van der Waals surface area contributed by atoms with Crippen molar-refractivity contribution in [2.24, 2.45) is 0 Å². The van der Waals surface area contributed by atoms with Gasteiger partial charge in [0.25, 0.3) is 0 Å². The molecule has 27 heavy (non-hydrogen) atoms. The van der Waals surface area contributed by atoms with E-state index in [2.05, 4.69) is 36.5 Å². The summed E-state index contributed by atoms with van der Waals surface area (Å²) in [6, 6.07) is 7.44. The number of nitrogens with zero attached hydrogens (tertiary/aromatic N) is 3. The van der Waals surface area contributed by atoms with Crippen molar-refractivity contribution in [2.45, 2.75) is 0 Å². The van der Waals surface area contributed by atoms with Gasteiger partial charge < -0.3 is 15.7 Å². The van der Waals surface area contributed by atoms with Gasteiger partial charge in [0, 0.05) is 16.2 Å². The van der Waals surface area contributed by atoms with Crippen LogP contribution in [-0.4, -0.2) is 20.0 Å². The van der Waals surface area contributed by atoms with Crippen molar-refractivity contribution in [3.05, 3.63) is 68.8 Å². The molecule has 0 fully saturated rings. The lowest BCUT2D eigenvalue weighted by molar-refractivity contribution is -0.387. The van der Waals surface area contributed by atoms with E-state index >= 15 is 0 Å². The molecule has 0 spiro atoms. The second-order valence-electron chi connectivity index (χ2n) is 5.22. The molecule has 0 aliphatic rings. The Balaban J connectivity index is 1.87. The Morgan fingerprint density at radius 3 is 2.59 bits per heavy atom. The van der Waals surface area contributed by atoms with E-state index in [1.807, 2.05) is 0 Å². The van der Waals surface area contributed by atoms with E-state index < -0.39 is 22.2 Å². The molecule has 0 unspecified atom stereocenters. The molecule has 0 aliphatic carbocycles. The lowest BCUT2D eigenvalue weighted by atomic mass is 10.2. The van der Waals surface area contributed by atoms with Crippen molar-refractivity contribution in [1.82, 2.24) is 9.97 Å². The zero-order chi connectivity index (χ0) is 19.6. The number of hydrogen-bond acceptors (Lipinski definition) is 7. The van der Waals surface area contributed by atoms with Crippen LogP contribution >= 0.6 is 15.9 Å². The minimum absolute atomic E-state index is 0.0475. The first-order valence-electron chi connectivity index (χ1n) is 7.32. The fourth-order valence-corrected chi connectivity index (χ4v) is 2.44. The fraction of sp³-hybridized carbons (Fsp3) is 0. The van der Waals surface area contributed by atoms with Crippen LogP contribution < -0.4 is 10.6 Å². The highest BCUT2D eigenvalue weighted by Gasteiger charge is 2.15. The standard InChI is InChI=1S/C16H10BrF2N5O3/c17-8-1-4-12(11(19)5-8)22-15-14(25)7-20-16(23-15)21-9-2-3-10(18)13(6-9)24(26)27/h1-7,25H,(H2,20,21,22,23). The monoisotopic (exact) mass is 437 g/mol. The highest BCUT2D eigenvalue weighted by atomic mass is 79.9. The Bertz CT molecular complexity index is 1030. The van der Waals surface area contributed by atoms with Crippen molar-refractivity contribution in [1.29, 1.82) is 0 Å². The quantitative estimate of drug-likeness (QED) is 0.394. The number of rotatable bonds is 5. The Labute approximate surface area is 159 Å². The van der Waals surface area contributed by atoms with Gasteiger partial charge in [-0.25, -0.2) is 9.37 Å². The van der Waals surface area contributed by atoms with Crippen molar-refractivity contribution in [2.75, 3.05) is 10.6 Å². The minimum atomic E-state index is -0.981. The van der Waals surface area contributed by atoms with Crippen LogP contribution in [0.5, 0.6) is 5.75 Å². The van der Waals surface area contributed by atoms with Gasteiger partial charge >= 0.3 is 5.69 Å². The van der Waals surface area contributed by atoms with Crippen LogP contribution in [0.1, 0.15) is 0 Å². The molecule has 1 aromatic heterocycles. The lowest BCUT2D eigenvalue weighted by Gasteiger charge is -2.11. The summed E-state index contributed by atoms with van der Waals surface area (Å²) in [5.41, 5.74) is -0.487. The predicted molar refractivity (Wildman–Crippen MR) is 97.4 cm³/mol. The van der Waals surface area contributed by atoms with E-state index in [9.17, 15) is 24.0 Å². The van der Waals surface area contributed by atoms with Gasteiger partial charge in [0.05, 0.1) is 16.8 Å². The zero-order valence-corrected chi connectivity index (χ0v) is 14.9. The molecule has 11 heteroatoms. The maximum absolute atomic E-state index is 13.9. The van der Waals surface area contributed by atoms with Crippen LogP contribution in [0.4, 0.5) is 37.6 Å². The molecule has 0 bridgehead atoms. The molecule has 3 rings (SSSR count). The molecule has 3 N–H and O–H groups in total. The summed E-state index contributed by atoms with van der Waals surface area (Å²) in [7, 11) is 0. The highest BCUT2D eigenvalue weighted by Crippen LogP contribution is 2.29. The van der Waals surface area contributed by atoms with Crippen LogP contribution in [0.3, 0.4) is 0 Å². The molecule has 3 aromatic rings. The Morgan fingerprint density at radius 2 is 1.89 bits per heavy atom. The Hall–Kier alpha value is -3.34. The third kappa shape index (κ3) is 4.26. The molecule has 138 valence electrons. The van der Waals surface area contributed by atoms with E-state index in [1.54, 1.807) is 6.07 Å². The normalized spacial score (nSPS) is 10.5. The van der Waals surface area contributed by atoms with Crippen molar-refractivity contribution >= 4 is 44.8 Å². The largest absolute Gasteiger partial charge is 0.503 e. The number of anilines is 4. The molecule has 2 aromatic carbocycles. The summed E-state index contributed by atoms with van der Waals surface area (Å²) in [5, 5.41) is 26.0. The smallest absolute Gasteiger partial charge is 0.306 e. The molecule has 0 radical (unpaired) electrons. The Kier molecular flexibility index (Phi) is 5.12.